The highest BCUT2D eigenvalue weighted by molar-refractivity contribution is 5.53. The molecular formula is C16H19FN2. The molecule has 3 N–H and O–H groups in total. The lowest BCUT2D eigenvalue weighted by Crippen LogP contribution is -2.04. The van der Waals surface area contributed by atoms with Gasteiger partial charge in [0, 0.05) is 12.2 Å². The maximum atomic E-state index is 13.4. The molecule has 0 aliphatic heterocycles. The van der Waals surface area contributed by atoms with Crippen molar-refractivity contribution in [3.63, 3.8) is 0 Å². The van der Waals surface area contributed by atoms with Crippen molar-refractivity contribution in [3.05, 3.63) is 58.4 Å². The highest BCUT2D eigenvalue weighted by Gasteiger charge is 2.05. The summed E-state index contributed by atoms with van der Waals surface area (Å²) in [5.74, 6) is -0.387. The summed E-state index contributed by atoms with van der Waals surface area (Å²) in [4.78, 5) is 0. The number of aryl methyl sites for hydroxylation is 3. The molecule has 0 fully saturated rings. The van der Waals surface area contributed by atoms with Crippen molar-refractivity contribution in [3.8, 4) is 0 Å². The summed E-state index contributed by atoms with van der Waals surface area (Å²) in [5, 5.41) is 3.23. The molecule has 19 heavy (non-hydrogen) atoms. The number of nitrogens with one attached hydrogen (secondary N) is 1. The Bertz CT molecular complexity index is 583. The fraction of sp³-hybridized carbons (Fsp3) is 0.250. The van der Waals surface area contributed by atoms with Crippen molar-refractivity contribution in [2.45, 2.75) is 27.3 Å². The van der Waals surface area contributed by atoms with E-state index in [1.165, 1.54) is 28.3 Å². The first-order valence-corrected chi connectivity index (χ1v) is 6.33. The summed E-state index contributed by atoms with van der Waals surface area (Å²) >= 11 is 0. The standard InChI is InChI=1S/C16H19FN2/c1-10-6-11(2)14(12(3)7-10)9-19-13-4-5-16(18)15(17)8-13/h4-8,19H,9,18H2,1-3H3. The Morgan fingerprint density at radius 1 is 1.05 bits per heavy atom. The summed E-state index contributed by atoms with van der Waals surface area (Å²) in [5.41, 5.74) is 11.4. The Morgan fingerprint density at radius 2 is 1.68 bits per heavy atom. The molecule has 0 aliphatic carbocycles. The minimum absolute atomic E-state index is 0.174. The highest BCUT2D eigenvalue weighted by Crippen LogP contribution is 2.20. The van der Waals surface area contributed by atoms with Gasteiger partial charge in [-0.1, -0.05) is 17.7 Å². The quantitative estimate of drug-likeness (QED) is 0.818. The van der Waals surface area contributed by atoms with E-state index >= 15 is 0 Å². The average molecular weight is 258 g/mol. The summed E-state index contributed by atoms with van der Waals surface area (Å²) in [7, 11) is 0. The van der Waals surface area contributed by atoms with Crippen LogP contribution in [0, 0.1) is 26.6 Å². The van der Waals surface area contributed by atoms with Crippen molar-refractivity contribution in [2.24, 2.45) is 0 Å². The van der Waals surface area contributed by atoms with Crippen LogP contribution in [0.5, 0.6) is 0 Å². The van der Waals surface area contributed by atoms with Crippen molar-refractivity contribution in [1.82, 2.24) is 0 Å². The number of hydrogen-bond acceptors (Lipinski definition) is 2. The number of hydrogen-bond donors (Lipinski definition) is 2. The molecule has 0 aliphatic rings. The van der Waals surface area contributed by atoms with Gasteiger partial charge in [0.15, 0.2) is 0 Å². The lowest BCUT2D eigenvalue weighted by atomic mass is 10.00. The summed E-state index contributed by atoms with van der Waals surface area (Å²) < 4.78 is 13.4. The predicted octanol–water partition coefficient (Wildman–Crippen LogP) is 3.95. The zero-order valence-electron chi connectivity index (χ0n) is 11.5. The zero-order valence-corrected chi connectivity index (χ0v) is 11.5. The second kappa shape index (κ2) is 5.31. The second-order valence-corrected chi connectivity index (χ2v) is 4.97. The van der Waals surface area contributed by atoms with Crippen LogP contribution in [0.1, 0.15) is 22.3 Å². The van der Waals surface area contributed by atoms with E-state index < -0.39 is 0 Å². The molecule has 0 heterocycles. The lowest BCUT2D eigenvalue weighted by molar-refractivity contribution is 0.633. The Balaban J connectivity index is 2.16. The molecule has 2 aromatic rings. The number of nitrogens with two attached hydrogens (primary N) is 1. The maximum absolute atomic E-state index is 13.4. The van der Waals surface area contributed by atoms with Crippen LogP contribution < -0.4 is 11.1 Å². The van der Waals surface area contributed by atoms with Crippen LogP contribution in [-0.2, 0) is 6.54 Å². The van der Waals surface area contributed by atoms with Gasteiger partial charge in [-0.25, -0.2) is 4.39 Å². The number of benzene rings is 2. The van der Waals surface area contributed by atoms with Gasteiger partial charge in [0.1, 0.15) is 5.82 Å². The number of rotatable bonds is 3. The molecule has 2 rings (SSSR count). The van der Waals surface area contributed by atoms with Gasteiger partial charge in [-0.3, -0.25) is 0 Å². The number of anilines is 2. The van der Waals surface area contributed by atoms with Gasteiger partial charge in [-0.05, 0) is 55.7 Å². The minimum atomic E-state index is -0.387. The first kappa shape index (κ1) is 13.4. The fourth-order valence-electron chi connectivity index (χ4n) is 2.32. The topological polar surface area (TPSA) is 38.0 Å². The Morgan fingerprint density at radius 3 is 2.26 bits per heavy atom. The molecule has 0 amide bonds. The molecule has 0 atom stereocenters. The van der Waals surface area contributed by atoms with Gasteiger partial charge in [-0.2, -0.15) is 0 Å². The van der Waals surface area contributed by atoms with Gasteiger partial charge in [0.2, 0.25) is 0 Å². The average Bonchev–Trinajstić information content (AvgIpc) is 2.32. The zero-order chi connectivity index (χ0) is 14.0. The normalized spacial score (nSPS) is 10.5. The van der Waals surface area contributed by atoms with Crippen molar-refractivity contribution < 1.29 is 4.39 Å². The van der Waals surface area contributed by atoms with E-state index in [2.05, 4.69) is 38.2 Å². The van der Waals surface area contributed by atoms with E-state index in [0.29, 0.717) is 6.54 Å². The van der Waals surface area contributed by atoms with Gasteiger partial charge >= 0.3 is 0 Å². The van der Waals surface area contributed by atoms with E-state index in [4.69, 9.17) is 5.73 Å². The van der Waals surface area contributed by atoms with Gasteiger partial charge in [0.25, 0.3) is 0 Å². The second-order valence-electron chi connectivity index (χ2n) is 4.97. The van der Waals surface area contributed by atoms with Crippen LogP contribution in [-0.4, -0.2) is 0 Å². The molecule has 2 nitrogen and oxygen atoms in total. The van der Waals surface area contributed by atoms with Crippen LogP contribution in [0.25, 0.3) is 0 Å². The Kier molecular flexibility index (Phi) is 3.74. The summed E-state index contributed by atoms with van der Waals surface area (Å²) in [6, 6.07) is 9.11. The monoisotopic (exact) mass is 258 g/mol. The van der Waals surface area contributed by atoms with E-state index in [-0.39, 0.29) is 11.5 Å². The van der Waals surface area contributed by atoms with Crippen LogP contribution in [0.4, 0.5) is 15.8 Å². The van der Waals surface area contributed by atoms with Gasteiger partial charge < -0.3 is 11.1 Å². The molecule has 0 saturated heterocycles. The van der Waals surface area contributed by atoms with Crippen molar-refractivity contribution >= 4 is 11.4 Å². The van der Waals surface area contributed by atoms with E-state index in [9.17, 15) is 4.39 Å². The molecule has 2 aromatic carbocycles. The maximum Gasteiger partial charge on any atom is 0.148 e. The molecule has 0 spiro atoms. The third-order valence-electron chi connectivity index (χ3n) is 3.31. The Labute approximate surface area is 113 Å². The lowest BCUT2D eigenvalue weighted by Gasteiger charge is -2.13. The summed E-state index contributed by atoms with van der Waals surface area (Å²) in [6.45, 7) is 6.97. The highest BCUT2D eigenvalue weighted by atomic mass is 19.1. The molecule has 100 valence electrons. The predicted molar refractivity (Wildman–Crippen MR) is 78.8 cm³/mol. The van der Waals surface area contributed by atoms with E-state index in [1.807, 2.05) is 0 Å². The van der Waals surface area contributed by atoms with Crippen LogP contribution in [0.3, 0.4) is 0 Å². The largest absolute Gasteiger partial charge is 0.396 e. The van der Waals surface area contributed by atoms with Crippen molar-refractivity contribution in [1.29, 1.82) is 0 Å². The fourth-order valence-corrected chi connectivity index (χ4v) is 2.32. The SMILES string of the molecule is Cc1cc(C)c(CNc2ccc(N)c(F)c2)c(C)c1. The molecule has 0 bridgehead atoms. The smallest absolute Gasteiger partial charge is 0.148 e. The van der Waals surface area contributed by atoms with Gasteiger partial charge in [0.05, 0.1) is 5.69 Å². The summed E-state index contributed by atoms with van der Waals surface area (Å²) in [6.07, 6.45) is 0. The minimum Gasteiger partial charge on any atom is -0.396 e. The van der Waals surface area contributed by atoms with E-state index in [1.54, 1.807) is 12.1 Å². The molecular weight excluding hydrogens is 239 g/mol. The third kappa shape index (κ3) is 3.05. The van der Waals surface area contributed by atoms with Crippen LogP contribution >= 0.6 is 0 Å². The molecule has 0 unspecified atom stereocenters. The first-order chi connectivity index (χ1) is 8.97. The van der Waals surface area contributed by atoms with Crippen molar-refractivity contribution in [2.75, 3.05) is 11.1 Å². The molecule has 3 heteroatoms. The number of halogens is 1. The number of nitrogen functional groups attached to an aromatic ring is 1. The van der Waals surface area contributed by atoms with Crippen LogP contribution in [0.15, 0.2) is 30.3 Å². The van der Waals surface area contributed by atoms with E-state index in [0.717, 1.165) is 5.69 Å². The Hall–Kier alpha value is -2.03. The third-order valence-corrected chi connectivity index (χ3v) is 3.31. The molecule has 0 aromatic heterocycles. The first-order valence-electron chi connectivity index (χ1n) is 6.33. The van der Waals surface area contributed by atoms with Gasteiger partial charge in [-0.15, -0.1) is 0 Å². The molecule has 0 saturated carbocycles. The molecule has 0 radical (unpaired) electrons. The van der Waals surface area contributed by atoms with Crippen LogP contribution in [0.2, 0.25) is 0 Å².